The van der Waals surface area contributed by atoms with Crippen molar-refractivity contribution in [3.8, 4) is 17.6 Å². The third-order valence-electron chi connectivity index (χ3n) is 12.4. The van der Waals surface area contributed by atoms with E-state index < -0.39 is 19.5 Å². The summed E-state index contributed by atoms with van der Waals surface area (Å²) < 4.78 is 29.5. The minimum Gasteiger partial charge on any atom is -0.494 e. The molecule has 3 saturated heterocycles. The molecule has 0 spiro atoms. The van der Waals surface area contributed by atoms with Gasteiger partial charge >= 0.3 is 7.60 Å². The zero-order valence-electron chi connectivity index (χ0n) is 36.3. The van der Waals surface area contributed by atoms with Crippen molar-refractivity contribution in [1.82, 2.24) is 30.0 Å². The second kappa shape index (κ2) is 20.1. The first-order valence-electron chi connectivity index (χ1n) is 21.6. The van der Waals surface area contributed by atoms with Crippen LogP contribution < -0.4 is 30.9 Å². The van der Waals surface area contributed by atoms with Gasteiger partial charge in [0.1, 0.15) is 16.8 Å². The summed E-state index contributed by atoms with van der Waals surface area (Å²) in [5.41, 5.74) is 4.60. The number of carbonyl (C=O) groups is 3. The van der Waals surface area contributed by atoms with Crippen LogP contribution in [0.2, 0.25) is 5.02 Å². The van der Waals surface area contributed by atoms with Crippen molar-refractivity contribution < 1.29 is 32.7 Å². The number of rotatable bonds is 14. The number of nitrogens with one attached hydrogen (secondary N) is 3. The summed E-state index contributed by atoms with van der Waals surface area (Å²) in [5.74, 6) is 6.98. The van der Waals surface area contributed by atoms with E-state index in [0.717, 1.165) is 88.3 Å². The number of methoxy groups -OCH3 is 1. The Balaban J connectivity index is 0.775. The van der Waals surface area contributed by atoms with Crippen molar-refractivity contribution in [1.29, 1.82) is 0 Å². The highest BCUT2D eigenvalue weighted by Crippen LogP contribution is 2.47. The second-order valence-corrected chi connectivity index (χ2v) is 18.8. The number of anilines is 5. The average Bonchev–Trinajstić information content (AvgIpc) is 3.64. The van der Waals surface area contributed by atoms with Gasteiger partial charge in [0, 0.05) is 102 Å². The zero-order valence-corrected chi connectivity index (χ0v) is 37.9. The van der Waals surface area contributed by atoms with Gasteiger partial charge in [0.25, 0.3) is 5.91 Å². The predicted octanol–water partition coefficient (Wildman–Crippen LogP) is 5.92. The highest BCUT2D eigenvalue weighted by atomic mass is 35.5. The summed E-state index contributed by atoms with van der Waals surface area (Å²) in [6.45, 7) is 7.49. The van der Waals surface area contributed by atoms with E-state index >= 15 is 0 Å². The Kier molecular flexibility index (Phi) is 14.2. The van der Waals surface area contributed by atoms with E-state index in [1.807, 2.05) is 24.3 Å². The molecule has 16 nitrogen and oxygen atoms in total. The molecule has 1 unspecified atom stereocenters. The van der Waals surface area contributed by atoms with Gasteiger partial charge in [-0.05, 0) is 80.3 Å². The largest absolute Gasteiger partial charge is 0.494 e. The first-order chi connectivity index (χ1) is 31.0. The molecule has 3 aromatic carbocycles. The molecule has 4 aliphatic rings. The van der Waals surface area contributed by atoms with Crippen LogP contribution in [0, 0.1) is 11.8 Å². The molecule has 1 atom stereocenters. The maximum atomic E-state index is 13.2. The summed E-state index contributed by atoms with van der Waals surface area (Å²) in [6.07, 6.45) is 6.04. The molecular formula is C46H53ClN9O7P. The van der Waals surface area contributed by atoms with Crippen molar-refractivity contribution in [2.75, 3.05) is 82.7 Å². The maximum Gasteiger partial charge on any atom is 0.362 e. The summed E-state index contributed by atoms with van der Waals surface area (Å²) in [4.78, 5) is 55.1. The third-order valence-corrected chi connectivity index (χ3v) is 14.6. The highest BCUT2D eigenvalue weighted by Gasteiger charge is 2.39. The quantitative estimate of drug-likeness (QED) is 0.0590. The molecule has 0 aliphatic carbocycles. The number of imide groups is 1. The molecule has 0 saturated carbocycles. The Hall–Kier alpha value is -5.53. The van der Waals surface area contributed by atoms with E-state index in [0.29, 0.717) is 58.8 Å². The molecular weight excluding hydrogens is 857 g/mol. The van der Waals surface area contributed by atoms with E-state index in [1.54, 1.807) is 42.3 Å². The van der Waals surface area contributed by atoms with E-state index in [1.165, 1.54) is 20.4 Å². The van der Waals surface area contributed by atoms with Crippen LogP contribution in [0.15, 0.2) is 66.9 Å². The molecule has 8 rings (SSSR count). The molecule has 0 radical (unpaired) electrons. The number of piperazine rings is 1. The van der Waals surface area contributed by atoms with Crippen molar-refractivity contribution in [2.24, 2.45) is 0 Å². The second-order valence-electron chi connectivity index (χ2n) is 16.2. The molecule has 4 aliphatic heterocycles. The van der Waals surface area contributed by atoms with Crippen LogP contribution in [0.5, 0.6) is 5.75 Å². The number of hydrogen-bond acceptors (Lipinski definition) is 14. The van der Waals surface area contributed by atoms with Gasteiger partial charge in [0.2, 0.25) is 17.8 Å². The summed E-state index contributed by atoms with van der Waals surface area (Å²) in [5, 5.41) is 9.39. The van der Waals surface area contributed by atoms with E-state index in [9.17, 15) is 18.9 Å². The number of hydrogen-bond donors (Lipinski definition) is 3. The number of fused-ring (bicyclic) bond motifs is 1. The summed E-state index contributed by atoms with van der Waals surface area (Å²) >= 11 is 6.49. The molecule has 1 aromatic heterocycles. The highest BCUT2D eigenvalue weighted by molar-refractivity contribution is 7.62. The maximum absolute atomic E-state index is 13.2. The van der Waals surface area contributed by atoms with Gasteiger partial charge in [0.15, 0.2) is 5.82 Å². The van der Waals surface area contributed by atoms with Gasteiger partial charge in [-0.1, -0.05) is 35.6 Å². The number of aromatic nitrogens is 2. The van der Waals surface area contributed by atoms with Crippen LogP contribution >= 0.6 is 19.2 Å². The smallest absolute Gasteiger partial charge is 0.362 e. The van der Waals surface area contributed by atoms with Crippen molar-refractivity contribution in [3.05, 3.63) is 88.6 Å². The fourth-order valence-corrected chi connectivity index (χ4v) is 10.3. The van der Waals surface area contributed by atoms with Gasteiger partial charge in [-0.2, -0.15) is 4.98 Å². The van der Waals surface area contributed by atoms with Gasteiger partial charge in [-0.15, -0.1) is 0 Å². The Morgan fingerprint density at radius 2 is 1.69 bits per heavy atom. The number of carbonyl (C=O) groups excluding carboxylic acids is 3. The molecule has 64 heavy (non-hydrogen) atoms. The zero-order chi connectivity index (χ0) is 44.8. The van der Waals surface area contributed by atoms with Crippen LogP contribution in [-0.2, 0) is 29.7 Å². The first-order valence-corrected chi connectivity index (χ1v) is 23.5. The average molecular weight is 910 g/mol. The normalized spacial score (nSPS) is 18.6. The fourth-order valence-electron chi connectivity index (χ4n) is 8.88. The number of unbranched alkanes of at least 4 members (excludes halogenated alkanes) is 1. The van der Waals surface area contributed by atoms with E-state index in [2.05, 4.69) is 58.5 Å². The predicted molar refractivity (Wildman–Crippen MR) is 246 cm³/mol. The SMILES string of the molecule is COc1cc(N2CCC(N3CCN(CCCC#Cc4ccc5c(c4)CN(C4CCC(=O)NC4=O)C5=O)CC3)CC2)ccc1Nc1ncc(Cl)c(Nc2ccccc2P(=O)(OC)OC)n1. The van der Waals surface area contributed by atoms with Gasteiger partial charge < -0.3 is 39.1 Å². The first kappa shape index (κ1) is 45.1. The molecule has 4 aromatic rings. The van der Waals surface area contributed by atoms with Crippen LogP contribution in [0.25, 0.3) is 0 Å². The lowest BCUT2D eigenvalue weighted by atomic mass is 10.0. The molecule has 0 bridgehead atoms. The third kappa shape index (κ3) is 10.1. The Morgan fingerprint density at radius 3 is 2.44 bits per heavy atom. The molecule has 3 N–H and O–H groups in total. The van der Waals surface area contributed by atoms with Crippen molar-refractivity contribution in [2.45, 2.75) is 57.2 Å². The molecule has 5 heterocycles. The van der Waals surface area contributed by atoms with Gasteiger partial charge in [-0.3, -0.25) is 29.2 Å². The number of piperidine rings is 2. The lowest BCUT2D eigenvalue weighted by molar-refractivity contribution is -0.136. The Morgan fingerprint density at radius 1 is 0.906 bits per heavy atom. The number of benzene rings is 3. The lowest BCUT2D eigenvalue weighted by Crippen LogP contribution is -2.53. The van der Waals surface area contributed by atoms with Crippen LogP contribution in [0.3, 0.4) is 0 Å². The van der Waals surface area contributed by atoms with Crippen LogP contribution in [-0.4, -0.2) is 122 Å². The fraction of sp³-hybridized carbons (Fsp3) is 0.413. The molecule has 3 amide bonds. The molecule has 18 heteroatoms. The van der Waals surface area contributed by atoms with Gasteiger partial charge in [-0.25, -0.2) is 4.98 Å². The Labute approximate surface area is 378 Å². The van der Waals surface area contributed by atoms with Crippen molar-refractivity contribution in [3.63, 3.8) is 0 Å². The lowest BCUT2D eigenvalue weighted by Gasteiger charge is -2.43. The monoisotopic (exact) mass is 909 g/mol. The summed E-state index contributed by atoms with van der Waals surface area (Å²) in [6, 6.07) is 18.6. The van der Waals surface area contributed by atoms with Crippen LogP contribution in [0.4, 0.5) is 28.8 Å². The van der Waals surface area contributed by atoms with Gasteiger partial charge in [0.05, 0.1) is 30.0 Å². The molecule has 3 fully saturated rings. The van der Waals surface area contributed by atoms with E-state index in [4.69, 9.17) is 25.4 Å². The topological polar surface area (TPSA) is 171 Å². The van der Waals surface area contributed by atoms with Crippen molar-refractivity contribution >= 4 is 71.1 Å². The number of nitrogens with zero attached hydrogens (tertiary/aromatic N) is 6. The Bertz CT molecular complexity index is 2490. The minimum atomic E-state index is -3.56. The number of para-hydroxylation sites is 1. The number of amides is 3. The summed E-state index contributed by atoms with van der Waals surface area (Å²) in [7, 11) is 0.752. The molecule has 336 valence electrons. The van der Waals surface area contributed by atoms with Crippen LogP contribution in [0.1, 0.15) is 60.0 Å². The number of ether oxygens (including phenoxy) is 1. The number of halogens is 1. The van der Waals surface area contributed by atoms with E-state index in [-0.39, 0.29) is 23.3 Å². The minimum absolute atomic E-state index is 0.171. The standard InChI is InChI=1S/C46H53ClN9O7P/c1-61-40-28-34(13-15-37(40)50-46-48-29-36(47)43(52-46)49-38-10-6-7-11-41(38)64(60,62-2)63-3)54-21-18-33(19-22-54)55-25-23-53(24-26-55)20-8-4-5-9-31-12-14-35-32(27-31)30-56(45(35)59)39-16-17-42(57)51-44(39)58/h6-7,10-15,27-29,33,39H,4,8,16-26,30H2,1-3H3,(H,51,57,58)(H2,48,49,50,52).